The molecule has 0 unspecified atom stereocenters. The van der Waals surface area contributed by atoms with E-state index in [-0.39, 0.29) is 5.91 Å². The topological polar surface area (TPSA) is 67.4 Å². The van der Waals surface area contributed by atoms with Crippen LogP contribution in [0.4, 0.5) is 0 Å². The van der Waals surface area contributed by atoms with Gasteiger partial charge in [0.05, 0.1) is 12.2 Å². The lowest BCUT2D eigenvalue weighted by Crippen LogP contribution is -2.41. The van der Waals surface area contributed by atoms with Crippen molar-refractivity contribution in [1.82, 2.24) is 10.9 Å². The Hall–Kier alpha value is -2.82. The first-order valence-corrected chi connectivity index (χ1v) is 7.51. The predicted molar refractivity (Wildman–Crippen MR) is 88.3 cm³/mol. The zero-order valence-electron chi connectivity index (χ0n) is 13.3. The Morgan fingerprint density at radius 1 is 1.00 bits per heavy atom. The van der Waals surface area contributed by atoms with Crippen molar-refractivity contribution in [1.29, 1.82) is 0 Å². The summed E-state index contributed by atoms with van der Waals surface area (Å²) >= 11 is 0. The van der Waals surface area contributed by atoms with E-state index >= 15 is 0 Å². The van der Waals surface area contributed by atoms with Crippen molar-refractivity contribution in [3.8, 4) is 5.75 Å². The molecule has 0 aromatic heterocycles. The molecule has 120 valence electrons. The number of amides is 2. The Morgan fingerprint density at radius 2 is 1.74 bits per heavy atom. The van der Waals surface area contributed by atoms with E-state index in [1.807, 2.05) is 19.9 Å². The summed E-state index contributed by atoms with van der Waals surface area (Å²) in [6, 6.07) is 14.1. The van der Waals surface area contributed by atoms with Crippen LogP contribution in [0.5, 0.6) is 5.75 Å². The van der Waals surface area contributed by atoms with E-state index in [4.69, 9.17) is 4.74 Å². The molecule has 0 heterocycles. The monoisotopic (exact) mass is 312 g/mol. The molecule has 2 rings (SSSR count). The zero-order chi connectivity index (χ0) is 16.7. The maximum atomic E-state index is 12.2. The van der Waals surface area contributed by atoms with Crippen molar-refractivity contribution in [2.24, 2.45) is 0 Å². The van der Waals surface area contributed by atoms with Crippen molar-refractivity contribution in [2.45, 2.75) is 20.3 Å². The lowest BCUT2D eigenvalue weighted by molar-refractivity contribution is 0.0844. The van der Waals surface area contributed by atoms with Crippen LogP contribution in [0, 0.1) is 6.92 Å². The molecule has 0 spiro atoms. The van der Waals surface area contributed by atoms with Gasteiger partial charge in [0.2, 0.25) is 0 Å². The van der Waals surface area contributed by atoms with E-state index < -0.39 is 5.91 Å². The molecule has 0 saturated heterocycles. The number of rotatable bonds is 5. The average molecular weight is 312 g/mol. The quantitative estimate of drug-likeness (QED) is 0.834. The molecule has 0 aliphatic rings. The van der Waals surface area contributed by atoms with Crippen LogP contribution in [0.1, 0.15) is 39.6 Å². The third-order valence-electron chi connectivity index (χ3n) is 3.16. The van der Waals surface area contributed by atoms with Crippen molar-refractivity contribution in [2.75, 3.05) is 6.61 Å². The molecule has 2 aromatic rings. The summed E-state index contributed by atoms with van der Waals surface area (Å²) in [4.78, 5) is 24.3. The molecule has 0 bridgehead atoms. The number of hydrogen-bond acceptors (Lipinski definition) is 3. The summed E-state index contributed by atoms with van der Waals surface area (Å²) in [5, 5.41) is 0. The molecule has 0 atom stereocenters. The second-order valence-corrected chi connectivity index (χ2v) is 5.12. The Kier molecular flexibility index (Phi) is 5.74. The summed E-state index contributed by atoms with van der Waals surface area (Å²) in [5.74, 6) is -0.289. The molecule has 0 fully saturated rings. The number of carbonyl (C=O) groups excluding carboxylic acids is 2. The number of benzene rings is 2. The lowest BCUT2D eigenvalue weighted by atomic mass is 10.1. The number of para-hydroxylation sites is 1. The molecule has 0 aliphatic heterocycles. The first-order chi connectivity index (χ1) is 11.1. The molecule has 2 aromatic carbocycles. The largest absolute Gasteiger partial charge is 0.493 e. The summed E-state index contributed by atoms with van der Waals surface area (Å²) in [7, 11) is 0. The molecule has 0 saturated carbocycles. The minimum atomic E-state index is -0.419. The molecule has 5 heteroatoms. The van der Waals surface area contributed by atoms with Crippen molar-refractivity contribution >= 4 is 11.8 Å². The van der Waals surface area contributed by atoms with Crippen LogP contribution in [0.3, 0.4) is 0 Å². The van der Waals surface area contributed by atoms with E-state index in [0.29, 0.717) is 23.5 Å². The van der Waals surface area contributed by atoms with Gasteiger partial charge in [0, 0.05) is 5.56 Å². The number of hydrogen-bond donors (Lipinski definition) is 2. The fourth-order valence-corrected chi connectivity index (χ4v) is 2.03. The van der Waals surface area contributed by atoms with E-state index in [2.05, 4.69) is 10.9 Å². The highest BCUT2D eigenvalue weighted by atomic mass is 16.5. The van der Waals surface area contributed by atoms with E-state index in [9.17, 15) is 9.59 Å². The zero-order valence-corrected chi connectivity index (χ0v) is 13.3. The van der Waals surface area contributed by atoms with E-state index in [1.54, 1.807) is 42.5 Å². The molecule has 2 amide bonds. The first kappa shape index (κ1) is 16.5. The van der Waals surface area contributed by atoms with Crippen LogP contribution >= 0.6 is 0 Å². The molecular formula is C18H20N2O3. The summed E-state index contributed by atoms with van der Waals surface area (Å²) < 4.78 is 5.54. The Morgan fingerprint density at radius 3 is 2.48 bits per heavy atom. The fraction of sp³-hybridized carbons (Fsp3) is 0.222. The Bertz CT molecular complexity index is 698. The maximum Gasteiger partial charge on any atom is 0.273 e. The fourth-order valence-electron chi connectivity index (χ4n) is 2.03. The molecule has 0 radical (unpaired) electrons. The summed E-state index contributed by atoms with van der Waals surface area (Å²) in [6.45, 7) is 4.42. The highest BCUT2D eigenvalue weighted by Crippen LogP contribution is 2.17. The Balaban J connectivity index is 2.01. The first-order valence-electron chi connectivity index (χ1n) is 7.51. The number of carbonyl (C=O) groups is 2. The normalized spacial score (nSPS) is 10.0. The molecule has 2 N–H and O–H groups in total. The van der Waals surface area contributed by atoms with Gasteiger partial charge in [-0.2, -0.15) is 0 Å². The van der Waals surface area contributed by atoms with E-state index in [0.717, 1.165) is 12.0 Å². The van der Waals surface area contributed by atoms with Crippen LogP contribution in [0.2, 0.25) is 0 Å². The third-order valence-corrected chi connectivity index (χ3v) is 3.16. The van der Waals surface area contributed by atoms with Crippen molar-refractivity contribution in [3.05, 3.63) is 65.2 Å². The number of hydrazine groups is 1. The highest BCUT2D eigenvalue weighted by molar-refractivity contribution is 6.00. The van der Waals surface area contributed by atoms with Gasteiger partial charge in [-0.15, -0.1) is 0 Å². The molecule has 23 heavy (non-hydrogen) atoms. The van der Waals surface area contributed by atoms with Crippen LogP contribution in [0.15, 0.2) is 48.5 Å². The molecule has 0 aliphatic carbocycles. The van der Waals surface area contributed by atoms with Crippen LogP contribution < -0.4 is 15.6 Å². The van der Waals surface area contributed by atoms with E-state index in [1.165, 1.54) is 0 Å². The minimum Gasteiger partial charge on any atom is -0.493 e. The number of ether oxygens (including phenoxy) is 1. The number of aryl methyl sites for hydroxylation is 1. The summed E-state index contributed by atoms with van der Waals surface area (Å²) in [5.41, 5.74) is 6.67. The third kappa shape index (κ3) is 4.57. The van der Waals surface area contributed by atoms with Crippen LogP contribution in [0.25, 0.3) is 0 Å². The maximum absolute atomic E-state index is 12.2. The smallest absolute Gasteiger partial charge is 0.273 e. The van der Waals surface area contributed by atoms with Gasteiger partial charge in [-0.05, 0) is 37.6 Å². The minimum absolute atomic E-state index is 0.367. The standard InChI is InChI=1S/C18H20N2O3/c1-3-11-23-16-10-5-4-9-15(16)18(22)20-19-17(21)14-8-6-7-13(2)12-14/h4-10,12H,3,11H2,1-2H3,(H,19,21)(H,20,22). The van der Waals surface area contributed by atoms with Crippen molar-refractivity contribution in [3.63, 3.8) is 0 Å². The van der Waals surface area contributed by atoms with Crippen LogP contribution in [-0.2, 0) is 0 Å². The Labute approximate surface area is 135 Å². The highest BCUT2D eigenvalue weighted by Gasteiger charge is 2.13. The molecular weight excluding hydrogens is 292 g/mol. The van der Waals surface area contributed by atoms with Gasteiger partial charge >= 0.3 is 0 Å². The lowest BCUT2D eigenvalue weighted by Gasteiger charge is -2.12. The molecule has 5 nitrogen and oxygen atoms in total. The SMILES string of the molecule is CCCOc1ccccc1C(=O)NNC(=O)c1cccc(C)c1. The van der Waals surface area contributed by atoms with Crippen LogP contribution in [-0.4, -0.2) is 18.4 Å². The van der Waals surface area contributed by atoms with Gasteiger partial charge in [-0.3, -0.25) is 20.4 Å². The van der Waals surface area contributed by atoms with Crippen molar-refractivity contribution < 1.29 is 14.3 Å². The summed E-state index contributed by atoms with van der Waals surface area (Å²) in [6.07, 6.45) is 0.847. The number of nitrogens with one attached hydrogen (secondary N) is 2. The van der Waals surface area contributed by atoms with Gasteiger partial charge < -0.3 is 4.74 Å². The van der Waals surface area contributed by atoms with Gasteiger partial charge in [0.15, 0.2) is 0 Å². The second-order valence-electron chi connectivity index (χ2n) is 5.12. The predicted octanol–water partition coefficient (Wildman–Crippen LogP) is 2.86. The van der Waals surface area contributed by atoms with Gasteiger partial charge in [0.25, 0.3) is 11.8 Å². The average Bonchev–Trinajstić information content (AvgIpc) is 2.57. The van der Waals surface area contributed by atoms with Gasteiger partial charge in [0.1, 0.15) is 5.75 Å². The van der Waals surface area contributed by atoms with Gasteiger partial charge in [-0.25, -0.2) is 0 Å². The van der Waals surface area contributed by atoms with Gasteiger partial charge in [-0.1, -0.05) is 36.8 Å². The second kappa shape index (κ2) is 7.98.